The quantitative estimate of drug-likeness (QED) is 0.475. The van der Waals surface area contributed by atoms with Crippen molar-refractivity contribution in [2.75, 3.05) is 31.9 Å². The second-order valence-electron chi connectivity index (χ2n) is 6.63. The van der Waals surface area contributed by atoms with Gasteiger partial charge >= 0.3 is 0 Å². The van der Waals surface area contributed by atoms with Crippen LogP contribution in [0.1, 0.15) is 11.1 Å². The third-order valence-corrected chi connectivity index (χ3v) is 6.73. The van der Waals surface area contributed by atoms with Crippen LogP contribution in [0.15, 0.2) is 47.4 Å². The number of benzene rings is 2. The third-order valence-electron chi connectivity index (χ3n) is 4.69. The highest BCUT2D eigenvalue weighted by Crippen LogP contribution is 2.25. The van der Waals surface area contributed by atoms with Crippen molar-refractivity contribution >= 4 is 21.4 Å². The van der Waals surface area contributed by atoms with Crippen molar-refractivity contribution in [3.63, 3.8) is 0 Å². The molecule has 0 atom stereocenters. The third kappa shape index (κ3) is 4.26. The number of piperazine rings is 1. The van der Waals surface area contributed by atoms with Crippen molar-refractivity contribution in [1.82, 2.24) is 9.21 Å². The zero-order valence-electron chi connectivity index (χ0n) is 15.0. The molecule has 1 saturated heterocycles. The number of nitro groups is 1. The van der Waals surface area contributed by atoms with Gasteiger partial charge in [0.15, 0.2) is 0 Å². The largest absolute Gasteiger partial charge is 0.399 e. The standard InChI is InChI=1S/C18H22N4O4S/c1-14-5-6-17(22(23)24)12-18(14)27(25,26)21-9-7-20(8-10-21)13-15-3-2-4-16(19)11-15/h2-6,11-12H,7-10,13,19H2,1H3. The molecule has 0 aromatic heterocycles. The highest BCUT2D eigenvalue weighted by Gasteiger charge is 2.30. The van der Waals surface area contributed by atoms with Crippen LogP contribution >= 0.6 is 0 Å². The summed E-state index contributed by atoms with van der Waals surface area (Å²) >= 11 is 0. The van der Waals surface area contributed by atoms with Gasteiger partial charge < -0.3 is 5.73 Å². The molecule has 2 N–H and O–H groups in total. The summed E-state index contributed by atoms with van der Waals surface area (Å²) in [5.74, 6) is 0. The van der Waals surface area contributed by atoms with E-state index in [0.29, 0.717) is 44.0 Å². The maximum Gasteiger partial charge on any atom is 0.270 e. The van der Waals surface area contributed by atoms with Crippen LogP contribution in [0.25, 0.3) is 0 Å². The number of non-ortho nitro benzene ring substituents is 1. The van der Waals surface area contributed by atoms with E-state index in [2.05, 4.69) is 4.90 Å². The normalized spacial score (nSPS) is 16.3. The average molecular weight is 390 g/mol. The zero-order valence-corrected chi connectivity index (χ0v) is 15.9. The van der Waals surface area contributed by atoms with Gasteiger partial charge in [0.05, 0.1) is 9.82 Å². The van der Waals surface area contributed by atoms with E-state index in [1.54, 1.807) is 6.92 Å². The van der Waals surface area contributed by atoms with Gasteiger partial charge in [-0.15, -0.1) is 0 Å². The molecule has 0 unspecified atom stereocenters. The number of nitrogens with two attached hydrogens (primary N) is 1. The van der Waals surface area contributed by atoms with Crippen LogP contribution in [-0.2, 0) is 16.6 Å². The fourth-order valence-corrected chi connectivity index (χ4v) is 4.86. The Morgan fingerprint density at radius 2 is 1.81 bits per heavy atom. The molecule has 0 aliphatic carbocycles. The fourth-order valence-electron chi connectivity index (χ4n) is 3.20. The Labute approximate surface area is 158 Å². The lowest BCUT2D eigenvalue weighted by molar-refractivity contribution is -0.385. The SMILES string of the molecule is Cc1ccc([N+](=O)[O-])cc1S(=O)(=O)N1CCN(Cc2cccc(N)c2)CC1. The Morgan fingerprint density at radius 1 is 1.11 bits per heavy atom. The van der Waals surface area contributed by atoms with Crippen LogP contribution in [-0.4, -0.2) is 48.7 Å². The van der Waals surface area contributed by atoms with Gasteiger partial charge in [0.25, 0.3) is 5.69 Å². The maximum absolute atomic E-state index is 13.0. The first-order valence-corrected chi connectivity index (χ1v) is 10.0. The Kier molecular flexibility index (Phi) is 5.45. The minimum Gasteiger partial charge on any atom is -0.399 e. The van der Waals surface area contributed by atoms with E-state index < -0.39 is 14.9 Å². The van der Waals surface area contributed by atoms with Crippen LogP contribution in [0.4, 0.5) is 11.4 Å². The molecule has 3 rings (SSSR count). The number of sulfonamides is 1. The van der Waals surface area contributed by atoms with Gasteiger partial charge in [-0.05, 0) is 30.2 Å². The summed E-state index contributed by atoms with van der Waals surface area (Å²) in [6.07, 6.45) is 0. The number of nitro benzene ring substituents is 1. The zero-order chi connectivity index (χ0) is 19.6. The van der Waals surface area contributed by atoms with E-state index in [9.17, 15) is 18.5 Å². The number of nitrogen functional groups attached to an aromatic ring is 1. The predicted molar refractivity (Wildman–Crippen MR) is 103 cm³/mol. The lowest BCUT2D eigenvalue weighted by atomic mass is 10.2. The number of rotatable bonds is 5. The molecule has 144 valence electrons. The molecule has 1 aliphatic rings. The molecule has 9 heteroatoms. The second-order valence-corrected chi connectivity index (χ2v) is 8.54. The first-order valence-electron chi connectivity index (χ1n) is 8.59. The van der Waals surface area contributed by atoms with Crippen molar-refractivity contribution in [3.05, 3.63) is 63.7 Å². The fraction of sp³-hybridized carbons (Fsp3) is 0.333. The first kappa shape index (κ1) is 19.3. The predicted octanol–water partition coefficient (Wildman–Crippen LogP) is 1.99. The molecule has 1 fully saturated rings. The van der Waals surface area contributed by atoms with Gasteiger partial charge in [0.2, 0.25) is 10.0 Å². The summed E-state index contributed by atoms with van der Waals surface area (Å²) in [6.45, 7) is 4.20. The molecular formula is C18H22N4O4S. The Bertz CT molecular complexity index is 954. The average Bonchev–Trinajstić information content (AvgIpc) is 2.62. The van der Waals surface area contributed by atoms with Crippen molar-refractivity contribution in [2.45, 2.75) is 18.4 Å². The van der Waals surface area contributed by atoms with Crippen molar-refractivity contribution < 1.29 is 13.3 Å². The number of anilines is 1. The van der Waals surface area contributed by atoms with Gasteiger partial charge in [0, 0.05) is 50.5 Å². The molecule has 0 saturated carbocycles. The molecule has 0 bridgehead atoms. The highest BCUT2D eigenvalue weighted by molar-refractivity contribution is 7.89. The van der Waals surface area contributed by atoms with Crippen LogP contribution in [0.5, 0.6) is 0 Å². The molecule has 2 aromatic rings. The summed E-state index contributed by atoms with van der Waals surface area (Å²) < 4.78 is 27.3. The summed E-state index contributed by atoms with van der Waals surface area (Å²) in [4.78, 5) is 12.6. The van der Waals surface area contributed by atoms with E-state index in [0.717, 1.165) is 11.6 Å². The van der Waals surface area contributed by atoms with Gasteiger partial charge in [0.1, 0.15) is 0 Å². The van der Waals surface area contributed by atoms with E-state index in [-0.39, 0.29) is 10.6 Å². The molecule has 27 heavy (non-hydrogen) atoms. The van der Waals surface area contributed by atoms with E-state index in [1.807, 2.05) is 24.3 Å². The Balaban J connectivity index is 1.71. The topological polar surface area (TPSA) is 110 Å². The van der Waals surface area contributed by atoms with Crippen molar-refractivity contribution in [3.8, 4) is 0 Å². The summed E-state index contributed by atoms with van der Waals surface area (Å²) in [6, 6.07) is 11.6. The first-order chi connectivity index (χ1) is 12.8. The summed E-state index contributed by atoms with van der Waals surface area (Å²) in [7, 11) is -3.77. The number of nitrogens with zero attached hydrogens (tertiary/aromatic N) is 3. The second kappa shape index (κ2) is 7.63. The number of hydrogen-bond donors (Lipinski definition) is 1. The molecule has 2 aromatic carbocycles. The summed E-state index contributed by atoms with van der Waals surface area (Å²) in [5, 5.41) is 11.0. The molecular weight excluding hydrogens is 368 g/mol. The minimum atomic E-state index is -3.77. The van der Waals surface area contributed by atoms with E-state index in [4.69, 9.17) is 5.73 Å². The lowest BCUT2D eigenvalue weighted by Crippen LogP contribution is -2.48. The smallest absolute Gasteiger partial charge is 0.270 e. The molecule has 0 amide bonds. The van der Waals surface area contributed by atoms with Gasteiger partial charge in [-0.1, -0.05) is 18.2 Å². The van der Waals surface area contributed by atoms with Crippen LogP contribution in [0.2, 0.25) is 0 Å². The van der Waals surface area contributed by atoms with Crippen LogP contribution in [0, 0.1) is 17.0 Å². The van der Waals surface area contributed by atoms with E-state index in [1.165, 1.54) is 16.4 Å². The molecule has 0 spiro atoms. The van der Waals surface area contributed by atoms with Crippen molar-refractivity contribution in [2.24, 2.45) is 0 Å². The molecule has 0 radical (unpaired) electrons. The Hall–Kier alpha value is -2.49. The minimum absolute atomic E-state index is 0.000910. The lowest BCUT2D eigenvalue weighted by Gasteiger charge is -2.34. The molecule has 1 heterocycles. The van der Waals surface area contributed by atoms with Gasteiger partial charge in [-0.25, -0.2) is 8.42 Å². The molecule has 8 nitrogen and oxygen atoms in total. The van der Waals surface area contributed by atoms with Gasteiger partial charge in [-0.2, -0.15) is 4.31 Å². The Morgan fingerprint density at radius 3 is 2.44 bits per heavy atom. The van der Waals surface area contributed by atoms with Crippen molar-refractivity contribution in [1.29, 1.82) is 0 Å². The number of hydrogen-bond acceptors (Lipinski definition) is 6. The summed E-state index contributed by atoms with van der Waals surface area (Å²) in [5.41, 5.74) is 7.87. The van der Waals surface area contributed by atoms with Crippen LogP contribution in [0.3, 0.4) is 0 Å². The van der Waals surface area contributed by atoms with Gasteiger partial charge in [-0.3, -0.25) is 15.0 Å². The maximum atomic E-state index is 13.0. The van der Waals surface area contributed by atoms with Crippen LogP contribution < -0.4 is 5.73 Å². The molecule has 1 aliphatic heterocycles. The monoisotopic (exact) mass is 390 g/mol. The number of aryl methyl sites for hydroxylation is 1. The van der Waals surface area contributed by atoms with E-state index >= 15 is 0 Å². The highest BCUT2D eigenvalue weighted by atomic mass is 32.2.